The van der Waals surface area contributed by atoms with Gasteiger partial charge in [0.05, 0.1) is 45.8 Å². The summed E-state index contributed by atoms with van der Waals surface area (Å²) in [6, 6.07) is 0. The van der Waals surface area contributed by atoms with E-state index in [1.54, 1.807) is 6.92 Å². The number of amides is 1. The van der Waals surface area contributed by atoms with Crippen LogP contribution in [-0.4, -0.2) is 51.7 Å². The number of nitrogens with one attached hydrogen (secondary N) is 2. The SMILES string of the molecule is COC(=O)c1sc(NC(=O)CC[NH+]2CCCCCC2)c(C(=O)OC)c1C. The molecule has 2 rings (SSSR count). The summed E-state index contributed by atoms with van der Waals surface area (Å²) in [6.07, 6.45) is 5.32. The Bertz CT molecular complexity index is 663. The maximum absolute atomic E-state index is 12.4. The quantitative estimate of drug-likeness (QED) is 0.726. The van der Waals surface area contributed by atoms with Crippen LogP contribution in [-0.2, 0) is 14.3 Å². The number of anilines is 1. The number of rotatable bonds is 6. The van der Waals surface area contributed by atoms with E-state index in [1.807, 2.05) is 0 Å². The van der Waals surface area contributed by atoms with Gasteiger partial charge in [0.25, 0.3) is 0 Å². The van der Waals surface area contributed by atoms with Gasteiger partial charge in [-0.3, -0.25) is 4.79 Å². The van der Waals surface area contributed by atoms with E-state index in [4.69, 9.17) is 9.47 Å². The van der Waals surface area contributed by atoms with E-state index >= 15 is 0 Å². The Labute approximate surface area is 157 Å². The Kier molecular flexibility index (Phi) is 7.59. The lowest BCUT2D eigenvalue weighted by Gasteiger charge is -2.16. The van der Waals surface area contributed by atoms with Gasteiger partial charge in [-0.1, -0.05) is 0 Å². The lowest BCUT2D eigenvalue weighted by Crippen LogP contribution is -3.12. The van der Waals surface area contributed by atoms with E-state index < -0.39 is 11.9 Å². The lowest BCUT2D eigenvalue weighted by atomic mass is 10.1. The molecule has 0 atom stereocenters. The standard InChI is InChI=1S/C18H26N2O5S/c1-12-14(17(22)24-2)16(26-15(12)18(23)25-3)19-13(21)8-11-20-9-6-4-5-7-10-20/h4-11H2,1-3H3,(H,19,21)/p+1. The van der Waals surface area contributed by atoms with Crippen LogP contribution in [0.1, 0.15) is 57.7 Å². The molecule has 0 aromatic carbocycles. The number of ether oxygens (including phenoxy) is 2. The Morgan fingerprint density at radius 1 is 1.04 bits per heavy atom. The van der Waals surface area contributed by atoms with E-state index in [2.05, 4.69) is 5.32 Å². The number of esters is 2. The van der Waals surface area contributed by atoms with Crippen LogP contribution in [0.4, 0.5) is 5.00 Å². The molecule has 0 radical (unpaired) electrons. The van der Waals surface area contributed by atoms with Crippen molar-refractivity contribution in [3.63, 3.8) is 0 Å². The second kappa shape index (κ2) is 9.68. The van der Waals surface area contributed by atoms with Gasteiger partial charge in [0.2, 0.25) is 5.91 Å². The molecule has 1 aromatic rings. The fraction of sp³-hybridized carbons (Fsp3) is 0.611. The number of carbonyl (C=O) groups is 3. The molecule has 2 N–H and O–H groups in total. The van der Waals surface area contributed by atoms with Gasteiger partial charge in [0.1, 0.15) is 9.88 Å². The number of quaternary nitrogens is 1. The summed E-state index contributed by atoms with van der Waals surface area (Å²) in [7, 11) is 2.55. The van der Waals surface area contributed by atoms with E-state index in [0.29, 0.717) is 21.9 Å². The van der Waals surface area contributed by atoms with Crippen LogP contribution >= 0.6 is 11.3 Å². The van der Waals surface area contributed by atoms with Crippen molar-refractivity contribution < 1.29 is 28.8 Å². The van der Waals surface area contributed by atoms with Gasteiger partial charge in [-0.05, 0) is 38.2 Å². The molecule has 1 fully saturated rings. The minimum atomic E-state index is -0.581. The molecule has 2 heterocycles. The van der Waals surface area contributed by atoms with Crippen LogP contribution in [0.3, 0.4) is 0 Å². The third-order valence-electron chi connectivity index (χ3n) is 4.68. The summed E-state index contributed by atoms with van der Waals surface area (Å²) in [5, 5.41) is 3.12. The van der Waals surface area contributed by atoms with Crippen molar-refractivity contribution in [2.75, 3.05) is 39.2 Å². The highest BCUT2D eigenvalue weighted by Gasteiger charge is 2.27. The normalized spacial score (nSPS) is 15.2. The minimum absolute atomic E-state index is 0.162. The molecule has 8 heteroatoms. The van der Waals surface area contributed by atoms with E-state index in [-0.39, 0.29) is 11.5 Å². The zero-order valence-electron chi connectivity index (χ0n) is 15.6. The van der Waals surface area contributed by atoms with Crippen LogP contribution in [0.25, 0.3) is 0 Å². The first kappa shape index (κ1) is 20.4. The van der Waals surface area contributed by atoms with Gasteiger partial charge in [0, 0.05) is 0 Å². The molecule has 1 saturated heterocycles. The van der Waals surface area contributed by atoms with Crippen molar-refractivity contribution in [1.29, 1.82) is 0 Å². The molecule has 26 heavy (non-hydrogen) atoms. The first-order chi connectivity index (χ1) is 12.5. The summed E-state index contributed by atoms with van der Waals surface area (Å²) in [6.45, 7) is 4.62. The van der Waals surface area contributed by atoms with Crippen molar-refractivity contribution in [1.82, 2.24) is 0 Å². The summed E-state index contributed by atoms with van der Waals surface area (Å²) in [5.41, 5.74) is 0.676. The first-order valence-corrected chi connectivity index (χ1v) is 9.73. The number of hydrogen-bond donors (Lipinski definition) is 2. The number of hydrogen-bond acceptors (Lipinski definition) is 6. The Morgan fingerprint density at radius 3 is 2.23 bits per heavy atom. The van der Waals surface area contributed by atoms with Crippen LogP contribution in [0.2, 0.25) is 0 Å². The topological polar surface area (TPSA) is 86.1 Å². The van der Waals surface area contributed by atoms with E-state index in [0.717, 1.165) is 31.0 Å². The highest BCUT2D eigenvalue weighted by Crippen LogP contribution is 2.34. The maximum Gasteiger partial charge on any atom is 0.348 e. The first-order valence-electron chi connectivity index (χ1n) is 8.91. The Hall–Kier alpha value is -1.93. The predicted molar refractivity (Wildman–Crippen MR) is 99.0 cm³/mol. The average Bonchev–Trinajstić information content (AvgIpc) is 2.81. The molecule has 1 aliphatic heterocycles. The molecule has 0 aliphatic carbocycles. The number of methoxy groups -OCH3 is 2. The Balaban J connectivity index is 2.07. The van der Waals surface area contributed by atoms with Crippen molar-refractivity contribution in [3.05, 3.63) is 16.0 Å². The number of carbonyl (C=O) groups excluding carboxylic acids is 3. The third-order valence-corrected chi connectivity index (χ3v) is 5.86. The molecule has 0 bridgehead atoms. The number of thiophene rings is 1. The Morgan fingerprint density at radius 2 is 1.65 bits per heavy atom. The van der Waals surface area contributed by atoms with Gasteiger partial charge in [0.15, 0.2) is 0 Å². The molecule has 0 spiro atoms. The lowest BCUT2D eigenvalue weighted by molar-refractivity contribution is -0.898. The fourth-order valence-electron chi connectivity index (χ4n) is 3.19. The minimum Gasteiger partial charge on any atom is -0.465 e. The second-order valence-electron chi connectivity index (χ2n) is 6.46. The van der Waals surface area contributed by atoms with E-state index in [9.17, 15) is 14.4 Å². The highest BCUT2D eigenvalue weighted by atomic mass is 32.1. The smallest absolute Gasteiger partial charge is 0.348 e. The highest BCUT2D eigenvalue weighted by molar-refractivity contribution is 7.18. The zero-order chi connectivity index (χ0) is 19.1. The van der Waals surface area contributed by atoms with Crippen LogP contribution in [0.15, 0.2) is 0 Å². The van der Waals surface area contributed by atoms with Crippen LogP contribution in [0, 0.1) is 6.92 Å². The molecule has 1 aliphatic rings. The molecule has 1 amide bonds. The molecule has 0 saturated carbocycles. The average molecular weight is 383 g/mol. The number of likely N-dealkylation sites (tertiary alicyclic amines) is 1. The summed E-state index contributed by atoms with van der Waals surface area (Å²) >= 11 is 1.04. The third kappa shape index (κ3) is 5.04. The van der Waals surface area contributed by atoms with Gasteiger partial charge in [-0.15, -0.1) is 11.3 Å². The molecule has 1 aromatic heterocycles. The van der Waals surface area contributed by atoms with Gasteiger partial charge in [-0.2, -0.15) is 0 Å². The molecule has 0 unspecified atom stereocenters. The summed E-state index contributed by atoms with van der Waals surface area (Å²) in [5.74, 6) is -1.28. The van der Waals surface area contributed by atoms with Crippen molar-refractivity contribution >= 4 is 34.2 Å². The van der Waals surface area contributed by atoms with Crippen molar-refractivity contribution in [2.45, 2.75) is 39.0 Å². The van der Waals surface area contributed by atoms with Crippen LogP contribution < -0.4 is 10.2 Å². The zero-order valence-corrected chi connectivity index (χ0v) is 16.4. The van der Waals surface area contributed by atoms with Crippen molar-refractivity contribution in [2.24, 2.45) is 0 Å². The van der Waals surface area contributed by atoms with Gasteiger partial charge >= 0.3 is 11.9 Å². The van der Waals surface area contributed by atoms with E-state index in [1.165, 1.54) is 44.8 Å². The molecule has 7 nitrogen and oxygen atoms in total. The van der Waals surface area contributed by atoms with Crippen LogP contribution in [0.5, 0.6) is 0 Å². The predicted octanol–water partition coefficient (Wildman–Crippen LogP) is 1.42. The molecular weight excluding hydrogens is 356 g/mol. The molecular formula is C18H27N2O5S+. The van der Waals surface area contributed by atoms with Crippen molar-refractivity contribution in [3.8, 4) is 0 Å². The summed E-state index contributed by atoms with van der Waals surface area (Å²) in [4.78, 5) is 38.1. The monoisotopic (exact) mass is 383 g/mol. The largest absolute Gasteiger partial charge is 0.465 e. The van der Waals surface area contributed by atoms with Gasteiger partial charge in [-0.25, -0.2) is 9.59 Å². The molecule has 144 valence electrons. The fourth-order valence-corrected chi connectivity index (χ4v) is 4.32. The maximum atomic E-state index is 12.4. The van der Waals surface area contributed by atoms with Gasteiger partial charge < -0.3 is 19.7 Å². The summed E-state index contributed by atoms with van der Waals surface area (Å²) < 4.78 is 9.54. The second-order valence-corrected chi connectivity index (χ2v) is 7.48.